The van der Waals surface area contributed by atoms with Gasteiger partial charge in [-0.15, -0.1) is 0 Å². The molecule has 0 saturated carbocycles. The van der Waals surface area contributed by atoms with Gasteiger partial charge in [-0.3, -0.25) is 0 Å². The van der Waals surface area contributed by atoms with Gasteiger partial charge in [0, 0.05) is 50.0 Å². The molecule has 79 heavy (non-hydrogen) atoms. The Bertz CT molecular complexity index is 4470. The van der Waals surface area contributed by atoms with E-state index in [9.17, 15) is 0 Å². The minimum atomic E-state index is -3.16. The van der Waals surface area contributed by atoms with E-state index in [0.29, 0.717) is 0 Å². The van der Waals surface area contributed by atoms with Crippen molar-refractivity contribution >= 4 is 118 Å². The van der Waals surface area contributed by atoms with Crippen molar-refractivity contribution < 1.29 is 0 Å². The summed E-state index contributed by atoms with van der Waals surface area (Å²) >= 11 is 0. The van der Waals surface area contributed by atoms with Crippen molar-refractivity contribution in [3.8, 4) is 11.4 Å². The van der Waals surface area contributed by atoms with Gasteiger partial charge in [-0.1, -0.05) is 230 Å². The van der Waals surface area contributed by atoms with E-state index in [4.69, 9.17) is 0 Å². The number of hydrogen-bond donors (Lipinski definition) is 0. The molecule has 0 radical (unpaired) electrons. The predicted molar refractivity (Wildman–Crippen MR) is 342 cm³/mol. The van der Waals surface area contributed by atoms with Crippen molar-refractivity contribution in [3.05, 3.63) is 272 Å². The van der Waals surface area contributed by atoms with Gasteiger partial charge in [-0.05, 0) is 136 Å². The predicted octanol–water partition coefficient (Wildman–Crippen LogP) is 13.3. The highest BCUT2D eigenvalue weighted by atomic mass is 28.3. The van der Waals surface area contributed by atoms with E-state index in [1.165, 1.54) is 113 Å². The first-order valence-corrected chi connectivity index (χ1v) is 32.0. The average molecular weight is 1050 g/mol. The maximum atomic E-state index is 2.65. The summed E-state index contributed by atoms with van der Waals surface area (Å²) in [5.74, 6) is 0. The molecule has 0 spiro atoms. The third-order valence-electron chi connectivity index (χ3n) is 17.7. The maximum Gasteiger partial charge on any atom is 0.184 e. The number of para-hydroxylation sites is 4. The standard InChI is InChI=1S/C74H61N3Si2/c1-73(2,3)50-40-43-63-59(46-50)60-47-51(74(4,5)6)41-44-64(60)76(63)53-42-45-65-61(49-53)58-32-16-17-33-62(58)75(65)52-24-22-31-57(48-52)79(56-29-14-9-15-30-56)69-37-21-19-35-67(69)77-66-34-18-20-36-68(66)78(54-25-10-7-11-26-54,55-27-12-8-13-28-55)70-38-23-39-71(79)72(70)77/h7-49H,1-6H3. The number of anilines is 3. The molecule has 2 aromatic heterocycles. The highest BCUT2D eigenvalue weighted by molar-refractivity contribution is 7.24. The Labute approximate surface area is 465 Å². The summed E-state index contributed by atoms with van der Waals surface area (Å²) in [6, 6.07) is 101. The summed E-state index contributed by atoms with van der Waals surface area (Å²) in [5, 5.41) is 16.3. The minimum absolute atomic E-state index is 0.0250. The number of fused-ring (bicyclic) bond motifs is 10. The van der Waals surface area contributed by atoms with Crippen LogP contribution in [0.15, 0.2) is 261 Å². The summed E-state index contributed by atoms with van der Waals surface area (Å²) in [6.45, 7) is 13.9. The molecule has 4 heterocycles. The molecule has 0 saturated heterocycles. The highest BCUT2D eigenvalue weighted by Crippen LogP contribution is 2.43. The second-order valence-electron chi connectivity index (χ2n) is 24.1. The van der Waals surface area contributed by atoms with E-state index in [1.54, 1.807) is 0 Å². The Morgan fingerprint density at radius 1 is 0.278 bits per heavy atom. The van der Waals surface area contributed by atoms with E-state index in [2.05, 4.69) is 316 Å². The monoisotopic (exact) mass is 1050 g/mol. The molecule has 11 aromatic carbocycles. The number of hydrogen-bond acceptors (Lipinski definition) is 1. The first kappa shape index (κ1) is 47.5. The summed E-state index contributed by atoms with van der Waals surface area (Å²) in [7, 11) is -6.10. The zero-order valence-corrected chi connectivity index (χ0v) is 47.7. The smallest absolute Gasteiger partial charge is 0.184 e. The molecule has 0 amide bonds. The van der Waals surface area contributed by atoms with Gasteiger partial charge in [0.15, 0.2) is 16.1 Å². The van der Waals surface area contributed by atoms with Crippen LogP contribution < -0.4 is 46.4 Å². The molecule has 0 fully saturated rings. The van der Waals surface area contributed by atoms with Crippen LogP contribution in [0.1, 0.15) is 52.7 Å². The van der Waals surface area contributed by atoms with Crippen LogP contribution in [0.4, 0.5) is 17.1 Å². The fourth-order valence-corrected chi connectivity index (χ4v) is 24.5. The van der Waals surface area contributed by atoms with Crippen molar-refractivity contribution in [2.75, 3.05) is 4.90 Å². The van der Waals surface area contributed by atoms with E-state index in [0.717, 1.165) is 11.4 Å². The second kappa shape index (κ2) is 17.4. The molecule has 2 aliphatic rings. The van der Waals surface area contributed by atoms with Gasteiger partial charge < -0.3 is 14.0 Å². The van der Waals surface area contributed by atoms with Gasteiger partial charge >= 0.3 is 0 Å². The summed E-state index contributed by atoms with van der Waals surface area (Å²) in [5.41, 5.74) is 13.8. The summed E-state index contributed by atoms with van der Waals surface area (Å²) < 4.78 is 5.03. The molecule has 0 N–H and O–H groups in total. The zero-order chi connectivity index (χ0) is 53.4. The van der Waals surface area contributed by atoms with E-state index in [1.807, 2.05) is 0 Å². The van der Waals surface area contributed by atoms with Gasteiger partial charge in [0.1, 0.15) is 0 Å². The Balaban J connectivity index is 0.985. The summed E-state index contributed by atoms with van der Waals surface area (Å²) in [4.78, 5) is 2.65. The zero-order valence-electron chi connectivity index (χ0n) is 45.7. The lowest BCUT2D eigenvalue weighted by Gasteiger charge is -2.52. The van der Waals surface area contributed by atoms with Crippen LogP contribution in [0.25, 0.3) is 55.0 Å². The molecule has 13 aromatic rings. The van der Waals surface area contributed by atoms with Crippen molar-refractivity contribution in [2.45, 2.75) is 52.4 Å². The van der Waals surface area contributed by atoms with Crippen molar-refractivity contribution in [1.82, 2.24) is 9.13 Å². The molecular weight excluding hydrogens is 987 g/mol. The van der Waals surface area contributed by atoms with Crippen LogP contribution in [0, 0.1) is 0 Å². The maximum absolute atomic E-state index is 3.16. The lowest BCUT2D eigenvalue weighted by molar-refractivity contribution is 0.590. The van der Waals surface area contributed by atoms with E-state index in [-0.39, 0.29) is 10.8 Å². The van der Waals surface area contributed by atoms with Crippen LogP contribution in [0.3, 0.4) is 0 Å². The van der Waals surface area contributed by atoms with Crippen molar-refractivity contribution in [2.24, 2.45) is 0 Å². The van der Waals surface area contributed by atoms with Gasteiger partial charge in [-0.25, -0.2) is 0 Å². The second-order valence-corrected chi connectivity index (χ2v) is 31.5. The SMILES string of the molecule is CC(C)(C)c1ccc2c(c1)c1cc(C(C)(C)C)ccc1n2-c1ccc2c(c1)c1ccccc1n2-c1cccc([Si]2(c3ccccc3)c3ccccc3N3c4ccccc4[Si](c4ccccc4)(c4ccccc4)c4cccc2c43)c1. The van der Waals surface area contributed by atoms with Gasteiger partial charge in [0.25, 0.3) is 0 Å². The van der Waals surface area contributed by atoms with Gasteiger partial charge in [-0.2, -0.15) is 0 Å². The van der Waals surface area contributed by atoms with Gasteiger partial charge in [0.2, 0.25) is 0 Å². The molecule has 5 heteroatoms. The molecule has 15 rings (SSSR count). The lowest BCUT2D eigenvalue weighted by Crippen LogP contribution is -2.82. The number of nitrogens with zero attached hydrogens (tertiary/aromatic N) is 3. The Kier molecular flexibility index (Phi) is 10.4. The quantitative estimate of drug-likeness (QED) is 0.151. The molecule has 0 aliphatic carbocycles. The topological polar surface area (TPSA) is 13.1 Å². The Hall–Kier alpha value is -8.75. The molecule has 3 nitrogen and oxygen atoms in total. The van der Waals surface area contributed by atoms with Crippen molar-refractivity contribution in [3.63, 3.8) is 0 Å². The Morgan fingerprint density at radius 2 is 0.658 bits per heavy atom. The molecule has 1 unspecified atom stereocenters. The van der Waals surface area contributed by atoms with E-state index < -0.39 is 16.1 Å². The van der Waals surface area contributed by atoms with Crippen LogP contribution in [-0.4, -0.2) is 25.3 Å². The molecule has 1 atom stereocenters. The first-order chi connectivity index (χ1) is 38.5. The fourth-order valence-electron chi connectivity index (χ4n) is 14.2. The van der Waals surface area contributed by atoms with E-state index >= 15 is 0 Å². The molecule has 380 valence electrons. The number of rotatable bonds is 6. The highest BCUT2D eigenvalue weighted by Gasteiger charge is 2.56. The first-order valence-electron chi connectivity index (χ1n) is 28.0. The minimum Gasteiger partial charge on any atom is -0.311 e. The van der Waals surface area contributed by atoms with Crippen LogP contribution in [0.2, 0.25) is 0 Å². The largest absolute Gasteiger partial charge is 0.311 e. The third-order valence-corrected chi connectivity index (χ3v) is 27.4. The third kappa shape index (κ3) is 6.76. The van der Waals surface area contributed by atoms with Crippen LogP contribution in [-0.2, 0) is 10.8 Å². The number of benzene rings is 11. The fraction of sp³-hybridized carbons (Fsp3) is 0.108. The van der Waals surface area contributed by atoms with Crippen molar-refractivity contribution in [1.29, 1.82) is 0 Å². The Morgan fingerprint density at radius 3 is 1.18 bits per heavy atom. The average Bonchev–Trinajstić information content (AvgIpc) is 3.00. The van der Waals surface area contributed by atoms with Crippen LogP contribution >= 0.6 is 0 Å². The molecule has 0 bridgehead atoms. The lowest BCUT2D eigenvalue weighted by atomic mass is 9.85. The number of aromatic nitrogens is 2. The molecule has 2 aliphatic heterocycles. The molecular formula is C74H61N3Si2. The van der Waals surface area contributed by atoms with Crippen LogP contribution in [0.5, 0.6) is 0 Å². The normalized spacial score (nSPS) is 15.6. The van der Waals surface area contributed by atoms with Gasteiger partial charge in [0.05, 0.1) is 22.1 Å². The summed E-state index contributed by atoms with van der Waals surface area (Å²) in [6.07, 6.45) is 0.